The number of nitrogens with one attached hydrogen (secondary N) is 1. The number of hydrogen-bond donors (Lipinski definition) is 1. The lowest BCUT2D eigenvalue weighted by molar-refractivity contribution is -0.126. The molecule has 1 aliphatic carbocycles. The maximum absolute atomic E-state index is 12.7. The third-order valence-electron chi connectivity index (χ3n) is 5.67. The molecule has 1 N–H and O–H groups in total. The van der Waals surface area contributed by atoms with Gasteiger partial charge in [0, 0.05) is 32.2 Å². The summed E-state index contributed by atoms with van der Waals surface area (Å²) in [5, 5.41) is 3.20. The minimum atomic E-state index is -3.38. The smallest absolute Gasteiger partial charge is 0.281 e. The molecule has 7 heteroatoms. The van der Waals surface area contributed by atoms with Crippen molar-refractivity contribution in [1.29, 1.82) is 0 Å². The number of piperidine rings is 1. The van der Waals surface area contributed by atoms with Gasteiger partial charge in [0.15, 0.2) is 0 Å². The summed E-state index contributed by atoms with van der Waals surface area (Å²) in [6.07, 6.45) is 10.5. The third kappa shape index (κ3) is 4.29. The molecule has 1 amide bonds. The van der Waals surface area contributed by atoms with Crippen molar-refractivity contribution in [3.63, 3.8) is 0 Å². The molecule has 0 spiro atoms. The zero-order valence-corrected chi connectivity index (χ0v) is 15.4. The fourth-order valence-electron chi connectivity index (χ4n) is 4.19. The Labute approximate surface area is 146 Å². The first kappa shape index (κ1) is 18.1. The maximum Gasteiger partial charge on any atom is 0.281 e. The summed E-state index contributed by atoms with van der Waals surface area (Å²) in [6.45, 7) is 2.14. The first-order valence-corrected chi connectivity index (χ1v) is 11.0. The number of carbonyl (C=O) groups is 1. The number of nitrogens with zero attached hydrogens (tertiary/aromatic N) is 2. The highest BCUT2D eigenvalue weighted by Gasteiger charge is 2.37. The Bertz CT molecular complexity index is 523. The summed E-state index contributed by atoms with van der Waals surface area (Å²) < 4.78 is 28.5. The Balaban J connectivity index is 1.57. The van der Waals surface area contributed by atoms with Gasteiger partial charge in [0.25, 0.3) is 10.2 Å². The van der Waals surface area contributed by atoms with E-state index in [1.54, 1.807) is 8.61 Å². The van der Waals surface area contributed by atoms with Crippen LogP contribution in [0.1, 0.15) is 64.2 Å². The quantitative estimate of drug-likeness (QED) is 0.781. The highest BCUT2D eigenvalue weighted by Crippen LogP contribution is 2.24. The van der Waals surface area contributed by atoms with Gasteiger partial charge in [0.2, 0.25) is 5.91 Å². The predicted octanol–water partition coefficient (Wildman–Crippen LogP) is 1.88. The lowest BCUT2D eigenvalue weighted by Crippen LogP contribution is -2.50. The SMILES string of the molecule is O=C(NC1CCCCCC1)C1CCCN(S(=O)(=O)N2CCCC2)C1. The van der Waals surface area contributed by atoms with Crippen LogP contribution in [-0.4, -0.2) is 55.2 Å². The average molecular weight is 358 g/mol. The molecule has 6 nitrogen and oxygen atoms in total. The molecule has 0 radical (unpaired) electrons. The molecule has 2 heterocycles. The fourth-order valence-corrected chi connectivity index (χ4v) is 5.97. The van der Waals surface area contributed by atoms with E-state index >= 15 is 0 Å². The van der Waals surface area contributed by atoms with Gasteiger partial charge in [-0.05, 0) is 38.5 Å². The zero-order valence-electron chi connectivity index (χ0n) is 14.6. The highest BCUT2D eigenvalue weighted by molar-refractivity contribution is 7.86. The van der Waals surface area contributed by atoms with Crippen LogP contribution in [0.25, 0.3) is 0 Å². The molecular formula is C17H31N3O3S. The predicted molar refractivity (Wildman–Crippen MR) is 93.7 cm³/mol. The van der Waals surface area contributed by atoms with Gasteiger partial charge in [0.1, 0.15) is 0 Å². The highest BCUT2D eigenvalue weighted by atomic mass is 32.2. The molecule has 1 atom stereocenters. The van der Waals surface area contributed by atoms with Gasteiger partial charge in [0.05, 0.1) is 5.92 Å². The van der Waals surface area contributed by atoms with Crippen LogP contribution < -0.4 is 5.32 Å². The van der Waals surface area contributed by atoms with Crippen molar-refractivity contribution in [2.24, 2.45) is 5.92 Å². The molecule has 3 fully saturated rings. The van der Waals surface area contributed by atoms with Gasteiger partial charge in [-0.25, -0.2) is 0 Å². The Kier molecular flexibility index (Phi) is 6.16. The molecule has 0 aromatic heterocycles. The maximum atomic E-state index is 12.7. The van der Waals surface area contributed by atoms with Crippen LogP contribution in [0, 0.1) is 5.92 Å². The minimum absolute atomic E-state index is 0.0585. The molecule has 138 valence electrons. The molecule has 0 bridgehead atoms. The lowest BCUT2D eigenvalue weighted by Gasteiger charge is -2.34. The van der Waals surface area contributed by atoms with Gasteiger partial charge < -0.3 is 5.32 Å². The van der Waals surface area contributed by atoms with Crippen LogP contribution in [0.5, 0.6) is 0 Å². The van der Waals surface area contributed by atoms with Crippen molar-refractivity contribution in [3.05, 3.63) is 0 Å². The molecule has 2 aliphatic heterocycles. The van der Waals surface area contributed by atoms with E-state index < -0.39 is 10.2 Å². The van der Waals surface area contributed by atoms with E-state index in [9.17, 15) is 13.2 Å². The minimum Gasteiger partial charge on any atom is -0.353 e. The summed E-state index contributed by atoms with van der Waals surface area (Å²) in [4.78, 5) is 12.6. The van der Waals surface area contributed by atoms with Crippen molar-refractivity contribution < 1.29 is 13.2 Å². The fraction of sp³-hybridized carbons (Fsp3) is 0.941. The molecule has 24 heavy (non-hydrogen) atoms. The first-order valence-electron chi connectivity index (χ1n) is 9.63. The standard InChI is InChI=1S/C17H31N3O3S/c21-17(18-16-9-3-1-2-4-10-16)15-8-7-13-20(14-15)24(22,23)19-11-5-6-12-19/h15-16H,1-14H2,(H,18,21). The van der Waals surface area contributed by atoms with E-state index in [0.29, 0.717) is 26.2 Å². The average Bonchev–Trinajstić information content (AvgIpc) is 3.02. The van der Waals surface area contributed by atoms with Crippen molar-refractivity contribution >= 4 is 16.1 Å². The van der Waals surface area contributed by atoms with Gasteiger partial charge in [-0.1, -0.05) is 25.7 Å². The van der Waals surface area contributed by atoms with Crippen LogP contribution in [0.15, 0.2) is 0 Å². The summed E-state index contributed by atoms with van der Waals surface area (Å²) in [5.41, 5.74) is 0. The molecular weight excluding hydrogens is 326 g/mol. The van der Waals surface area contributed by atoms with Crippen molar-refractivity contribution in [3.8, 4) is 0 Å². The van der Waals surface area contributed by atoms with Crippen LogP contribution in [-0.2, 0) is 15.0 Å². The lowest BCUT2D eigenvalue weighted by atomic mass is 9.97. The molecule has 3 aliphatic rings. The Morgan fingerprint density at radius 1 is 0.792 bits per heavy atom. The van der Waals surface area contributed by atoms with E-state index in [-0.39, 0.29) is 17.9 Å². The van der Waals surface area contributed by atoms with E-state index in [4.69, 9.17) is 0 Å². The number of rotatable bonds is 4. The van der Waals surface area contributed by atoms with E-state index in [2.05, 4.69) is 5.32 Å². The van der Waals surface area contributed by atoms with Crippen LogP contribution in [0.3, 0.4) is 0 Å². The monoisotopic (exact) mass is 357 g/mol. The summed E-state index contributed by atoms with van der Waals surface area (Å²) >= 11 is 0. The van der Waals surface area contributed by atoms with Crippen LogP contribution in [0.4, 0.5) is 0 Å². The van der Waals surface area contributed by atoms with Crippen LogP contribution >= 0.6 is 0 Å². The molecule has 3 rings (SSSR count). The van der Waals surface area contributed by atoms with E-state index in [0.717, 1.165) is 38.5 Å². The Morgan fingerprint density at radius 3 is 2.08 bits per heavy atom. The first-order chi connectivity index (χ1) is 11.6. The Hall–Kier alpha value is -0.660. The summed E-state index contributed by atoms with van der Waals surface area (Å²) in [6, 6.07) is 0.283. The van der Waals surface area contributed by atoms with Crippen molar-refractivity contribution in [1.82, 2.24) is 13.9 Å². The molecule has 2 saturated heterocycles. The van der Waals surface area contributed by atoms with E-state index in [1.807, 2.05) is 0 Å². The van der Waals surface area contributed by atoms with Gasteiger partial charge in [-0.15, -0.1) is 0 Å². The van der Waals surface area contributed by atoms with Crippen LogP contribution in [0.2, 0.25) is 0 Å². The normalized spacial score (nSPS) is 28.6. The van der Waals surface area contributed by atoms with Gasteiger partial charge in [-0.2, -0.15) is 17.0 Å². The molecule has 1 saturated carbocycles. The topological polar surface area (TPSA) is 69.7 Å². The zero-order chi connectivity index (χ0) is 17.0. The van der Waals surface area contributed by atoms with Crippen molar-refractivity contribution in [2.45, 2.75) is 70.3 Å². The second-order valence-corrected chi connectivity index (χ2v) is 9.44. The number of amides is 1. The molecule has 0 aromatic carbocycles. The number of carbonyl (C=O) groups excluding carboxylic acids is 1. The van der Waals surface area contributed by atoms with Gasteiger partial charge in [-0.3, -0.25) is 4.79 Å². The molecule has 0 aromatic rings. The second kappa shape index (κ2) is 8.15. The van der Waals surface area contributed by atoms with Gasteiger partial charge >= 0.3 is 0 Å². The Morgan fingerprint density at radius 2 is 1.42 bits per heavy atom. The second-order valence-electron chi connectivity index (χ2n) is 7.51. The third-order valence-corrected chi connectivity index (χ3v) is 7.68. The van der Waals surface area contributed by atoms with E-state index in [1.165, 1.54) is 25.7 Å². The number of hydrogen-bond acceptors (Lipinski definition) is 3. The summed E-state index contributed by atoms with van der Waals surface area (Å²) in [5.74, 6) is -0.136. The molecule has 1 unspecified atom stereocenters. The summed E-state index contributed by atoms with van der Waals surface area (Å²) in [7, 11) is -3.38. The largest absolute Gasteiger partial charge is 0.353 e. The van der Waals surface area contributed by atoms with Crippen molar-refractivity contribution in [2.75, 3.05) is 26.2 Å².